The van der Waals surface area contributed by atoms with E-state index in [0.29, 0.717) is 5.92 Å². The lowest BCUT2D eigenvalue weighted by atomic mass is 9.85. The summed E-state index contributed by atoms with van der Waals surface area (Å²) >= 11 is 0. The number of carbonyl (C=O) groups excluding carboxylic acids is 1. The predicted molar refractivity (Wildman–Crippen MR) is 102 cm³/mol. The lowest BCUT2D eigenvalue weighted by molar-refractivity contribution is -0.123. The van der Waals surface area contributed by atoms with Crippen LogP contribution in [-0.2, 0) is 9.53 Å². The summed E-state index contributed by atoms with van der Waals surface area (Å²) in [7, 11) is 2.19. The molecule has 0 radical (unpaired) electrons. The highest BCUT2D eigenvalue weighted by Gasteiger charge is 2.45. The SMILES string of the molecule is CN1CCC(CNC(=O)C2CC2c2ccccc2)(N2CCOCC2)CC1. The van der Waals surface area contributed by atoms with Crippen LogP contribution in [0.2, 0.25) is 0 Å². The fourth-order valence-corrected chi connectivity index (χ4v) is 4.61. The summed E-state index contributed by atoms with van der Waals surface area (Å²) in [5.74, 6) is 0.809. The van der Waals surface area contributed by atoms with Gasteiger partial charge in [-0.1, -0.05) is 30.3 Å². The molecule has 5 nitrogen and oxygen atoms in total. The maximum Gasteiger partial charge on any atom is 0.223 e. The maximum atomic E-state index is 12.8. The fraction of sp³-hybridized carbons (Fsp3) is 0.667. The molecular weight excluding hydrogens is 326 g/mol. The van der Waals surface area contributed by atoms with Gasteiger partial charge in [0, 0.05) is 31.1 Å². The first-order valence-electron chi connectivity index (χ1n) is 10.0. The van der Waals surface area contributed by atoms with Crippen molar-refractivity contribution in [3.8, 4) is 0 Å². The highest BCUT2D eigenvalue weighted by molar-refractivity contribution is 5.83. The smallest absolute Gasteiger partial charge is 0.223 e. The van der Waals surface area contributed by atoms with Crippen LogP contribution in [0.3, 0.4) is 0 Å². The standard InChI is InChI=1S/C21H31N3O2/c1-23-9-7-21(8-10-23,24-11-13-26-14-12-24)16-22-20(25)19-15-18(19)17-5-3-2-4-6-17/h2-6,18-19H,7-16H2,1H3,(H,22,25). The van der Waals surface area contributed by atoms with Gasteiger partial charge in [0.2, 0.25) is 5.91 Å². The summed E-state index contributed by atoms with van der Waals surface area (Å²) in [5, 5.41) is 3.33. The van der Waals surface area contributed by atoms with E-state index >= 15 is 0 Å². The number of likely N-dealkylation sites (tertiary alicyclic amines) is 1. The molecule has 0 aromatic heterocycles. The molecule has 0 bridgehead atoms. The molecule has 5 heteroatoms. The van der Waals surface area contributed by atoms with Gasteiger partial charge < -0.3 is 15.0 Å². The minimum atomic E-state index is 0.100. The van der Waals surface area contributed by atoms with Gasteiger partial charge in [-0.25, -0.2) is 0 Å². The average Bonchev–Trinajstić information content (AvgIpc) is 3.50. The van der Waals surface area contributed by atoms with E-state index in [2.05, 4.69) is 46.4 Å². The Morgan fingerprint density at radius 1 is 1.15 bits per heavy atom. The summed E-state index contributed by atoms with van der Waals surface area (Å²) in [5.41, 5.74) is 1.40. The van der Waals surface area contributed by atoms with Crippen LogP contribution < -0.4 is 5.32 Å². The van der Waals surface area contributed by atoms with Crippen molar-refractivity contribution in [1.82, 2.24) is 15.1 Å². The molecule has 1 saturated carbocycles. The molecule has 1 N–H and O–H groups in total. The Kier molecular flexibility index (Phi) is 5.30. The zero-order valence-corrected chi connectivity index (χ0v) is 15.8. The summed E-state index contributed by atoms with van der Waals surface area (Å²) < 4.78 is 5.55. The molecule has 2 heterocycles. The number of ether oxygens (including phenoxy) is 1. The van der Waals surface area contributed by atoms with E-state index in [-0.39, 0.29) is 17.4 Å². The molecule has 1 amide bonds. The maximum absolute atomic E-state index is 12.8. The zero-order valence-electron chi connectivity index (χ0n) is 15.8. The number of nitrogens with one attached hydrogen (secondary N) is 1. The summed E-state index contributed by atoms with van der Waals surface area (Å²) in [6.07, 6.45) is 3.23. The first-order valence-corrected chi connectivity index (χ1v) is 10.0. The van der Waals surface area contributed by atoms with Crippen LogP contribution in [0.25, 0.3) is 0 Å². The molecule has 4 rings (SSSR count). The molecule has 2 unspecified atom stereocenters. The lowest BCUT2D eigenvalue weighted by Gasteiger charge is -2.49. The van der Waals surface area contributed by atoms with E-state index in [1.54, 1.807) is 0 Å². The first-order chi connectivity index (χ1) is 12.7. The number of hydrogen-bond acceptors (Lipinski definition) is 4. The number of carbonyl (C=O) groups is 1. The van der Waals surface area contributed by atoms with Crippen molar-refractivity contribution in [2.45, 2.75) is 30.7 Å². The second-order valence-corrected chi connectivity index (χ2v) is 8.20. The monoisotopic (exact) mass is 357 g/mol. The van der Waals surface area contributed by atoms with Crippen molar-refractivity contribution in [2.75, 3.05) is 53.0 Å². The lowest BCUT2D eigenvalue weighted by Crippen LogP contribution is -2.62. The number of hydrogen-bond donors (Lipinski definition) is 1. The van der Waals surface area contributed by atoms with Gasteiger partial charge >= 0.3 is 0 Å². The third-order valence-electron chi connectivity index (χ3n) is 6.55. The number of piperidine rings is 1. The third kappa shape index (κ3) is 3.80. The van der Waals surface area contributed by atoms with Crippen LogP contribution in [0.1, 0.15) is 30.7 Å². The minimum absolute atomic E-state index is 0.100. The second-order valence-electron chi connectivity index (χ2n) is 8.20. The number of benzene rings is 1. The molecule has 26 heavy (non-hydrogen) atoms. The van der Waals surface area contributed by atoms with Crippen LogP contribution in [-0.4, -0.2) is 74.2 Å². The summed E-state index contributed by atoms with van der Waals surface area (Å²) in [4.78, 5) is 17.7. The van der Waals surface area contributed by atoms with Gasteiger partial charge in [-0.2, -0.15) is 0 Å². The Labute approximate surface area is 156 Å². The van der Waals surface area contributed by atoms with Crippen molar-refractivity contribution in [2.24, 2.45) is 5.92 Å². The van der Waals surface area contributed by atoms with Crippen LogP contribution in [0.5, 0.6) is 0 Å². The number of nitrogens with zero attached hydrogens (tertiary/aromatic N) is 2. The number of amides is 1. The van der Waals surface area contributed by atoms with Crippen LogP contribution in [0.4, 0.5) is 0 Å². The van der Waals surface area contributed by atoms with Crippen LogP contribution in [0, 0.1) is 5.92 Å². The first kappa shape index (κ1) is 18.0. The van der Waals surface area contributed by atoms with Gasteiger partial charge in [-0.3, -0.25) is 9.69 Å². The van der Waals surface area contributed by atoms with Crippen LogP contribution in [0.15, 0.2) is 30.3 Å². The molecule has 2 aliphatic heterocycles. The van der Waals surface area contributed by atoms with Gasteiger partial charge in [-0.15, -0.1) is 0 Å². The molecule has 2 atom stereocenters. The van der Waals surface area contributed by atoms with Gasteiger partial charge in [0.1, 0.15) is 0 Å². The number of morpholine rings is 1. The van der Waals surface area contributed by atoms with Gasteiger partial charge in [-0.05, 0) is 50.9 Å². The Balaban J connectivity index is 1.37. The normalized spacial score (nSPS) is 29.3. The Bertz CT molecular complexity index is 607. The van der Waals surface area contributed by atoms with Crippen molar-refractivity contribution in [1.29, 1.82) is 0 Å². The Hall–Kier alpha value is -1.43. The second kappa shape index (κ2) is 7.67. The minimum Gasteiger partial charge on any atom is -0.379 e. The molecule has 1 aromatic rings. The average molecular weight is 357 g/mol. The van der Waals surface area contributed by atoms with Crippen molar-refractivity contribution in [3.63, 3.8) is 0 Å². The molecule has 1 aliphatic carbocycles. The van der Waals surface area contributed by atoms with Crippen molar-refractivity contribution >= 4 is 5.91 Å². The van der Waals surface area contributed by atoms with E-state index in [4.69, 9.17) is 4.74 Å². The highest BCUT2D eigenvalue weighted by Crippen LogP contribution is 2.47. The largest absolute Gasteiger partial charge is 0.379 e. The Morgan fingerprint density at radius 2 is 1.85 bits per heavy atom. The molecule has 3 aliphatic rings. The summed E-state index contributed by atoms with van der Waals surface area (Å²) in [6.45, 7) is 6.56. The quantitative estimate of drug-likeness (QED) is 0.871. The Morgan fingerprint density at radius 3 is 2.54 bits per heavy atom. The molecule has 0 spiro atoms. The van der Waals surface area contributed by atoms with Gasteiger partial charge in [0.05, 0.1) is 13.2 Å². The molecule has 142 valence electrons. The van der Waals surface area contributed by atoms with E-state index in [9.17, 15) is 4.79 Å². The van der Waals surface area contributed by atoms with E-state index in [1.165, 1.54) is 5.56 Å². The van der Waals surface area contributed by atoms with Gasteiger partial charge in [0.25, 0.3) is 0 Å². The highest BCUT2D eigenvalue weighted by atomic mass is 16.5. The molecule has 3 fully saturated rings. The fourth-order valence-electron chi connectivity index (χ4n) is 4.61. The van der Waals surface area contributed by atoms with Gasteiger partial charge in [0.15, 0.2) is 0 Å². The molecule has 2 saturated heterocycles. The third-order valence-corrected chi connectivity index (χ3v) is 6.55. The van der Waals surface area contributed by atoms with Crippen molar-refractivity contribution < 1.29 is 9.53 Å². The van der Waals surface area contributed by atoms with Crippen LogP contribution >= 0.6 is 0 Å². The van der Waals surface area contributed by atoms with E-state index < -0.39 is 0 Å². The topological polar surface area (TPSA) is 44.8 Å². The summed E-state index contributed by atoms with van der Waals surface area (Å²) in [6, 6.07) is 10.4. The zero-order chi connectivity index (χ0) is 18.0. The van der Waals surface area contributed by atoms with E-state index in [1.807, 2.05) is 6.07 Å². The predicted octanol–water partition coefficient (Wildman–Crippen LogP) is 1.70. The van der Waals surface area contributed by atoms with Crippen molar-refractivity contribution in [3.05, 3.63) is 35.9 Å². The molecular formula is C21H31N3O2. The number of rotatable bonds is 5. The molecule has 1 aromatic carbocycles. The van der Waals surface area contributed by atoms with E-state index in [0.717, 1.165) is 65.2 Å².